The Balaban J connectivity index is 1.79. The number of benzene rings is 1. The predicted molar refractivity (Wildman–Crippen MR) is 69.2 cm³/mol. The molecule has 1 fully saturated rings. The second kappa shape index (κ2) is 3.97. The molecule has 0 amide bonds. The molecule has 1 aromatic carbocycles. The number of ether oxygens (including phenoxy) is 1. The lowest BCUT2D eigenvalue weighted by atomic mass is 9.96. The number of hydrogen-bond donors (Lipinski definition) is 1. The molecule has 2 heterocycles. The fourth-order valence-corrected chi connectivity index (χ4v) is 3.29. The Hall–Kier alpha value is -0.580. The maximum atomic E-state index is 9.73. The molecule has 2 aliphatic rings. The maximum absolute atomic E-state index is 9.73. The van der Waals surface area contributed by atoms with E-state index in [0.717, 1.165) is 42.9 Å². The molecule has 0 aliphatic carbocycles. The number of hydrogen-bond acceptors (Lipinski definition) is 3. The zero-order valence-corrected chi connectivity index (χ0v) is 11.5. The average Bonchev–Trinajstić information content (AvgIpc) is 2.62. The van der Waals surface area contributed by atoms with Crippen LogP contribution in [0.15, 0.2) is 16.6 Å². The van der Waals surface area contributed by atoms with Gasteiger partial charge >= 0.3 is 0 Å². The zero-order valence-electron chi connectivity index (χ0n) is 9.87. The van der Waals surface area contributed by atoms with Gasteiger partial charge in [-0.3, -0.25) is 4.90 Å². The summed E-state index contributed by atoms with van der Waals surface area (Å²) in [6, 6.07) is 4.26. The van der Waals surface area contributed by atoms with Crippen molar-refractivity contribution in [3.63, 3.8) is 0 Å². The van der Waals surface area contributed by atoms with Crippen molar-refractivity contribution < 1.29 is 9.84 Å². The fraction of sp³-hybridized carbons (Fsp3) is 0.538. The number of rotatable bonds is 2. The third kappa shape index (κ3) is 2.21. The quantitative estimate of drug-likeness (QED) is 0.906. The monoisotopic (exact) mass is 297 g/mol. The molecule has 0 aromatic heterocycles. The first-order valence-electron chi connectivity index (χ1n) is 5.92. The molecule has 0 bridgehead atoms. The molecule has 0 atom stereocenters. The largest absolute Gasteiger partial charge is 0.493 e. The molecule has 0 unspecified atom stereocenters. The molecule has 4 heteroatoms. The lowest BCUT2D eigenvalue weighted by Crippen LogP contribution is -2.59. The Morgan fingerprint density at radius 3 is 2.94 bits per heavy atom. The van der Waals surface area contributed by atoms with E-state index in [1.165, 1.54) is 11.1 Å². The van der Waals surface area contributed by atoms with Gasteiger partial charge in [-0.05, 0) is 24.6 Å². The molecule has 2 aliphatic heterocycles. The molecule has 3 rings (SSSR count). The molecule has 3 nitrogen and oxygen atoms in total. The number of likely N-dealkylation sites (tertiary alicyclic amines) is 1. The van der Waals surface area contributed by atoms with E-state index >= 15 is 0 Å². The maximum Gasteiger partial charge on any atom is 0.127 e. The Morgan fingerprint density at radius 1 is 1.47 bits per heavy atom. The first-order valence-corrected chi connectivity index (χ1v) is 6.72. The summed E-state index contributed by atoms with van der Waals surface area (Å²) in [5.41, 5.74) is 2.01. The number of fused-ring (bicyclic) bond motifs is 1. The van der Waals surface area contributed by atoms with Crippen LogP contribution in [0.2, 0.25) is 0 Å². The van der Waals surface area contributed by atoms with Gasteiger partial charge in [0.1, 0.15) is 5.75 Å². The highest BCUT2D eigenvalue weighted by Gasteiger charge is 2.36. The summed E-state index contributed by atoms with van der Waals surface area (Å²) in [4.78, 5) is 2.24. The van der Waals surface area contributed by atoms with Gasteiger partial charge in [0.15, 0.2) is 0 Å². The van der Waals surface area contributed by atoms with Gasteiger partial charge in [-0.15, -0.1) is 0 Å². The Bertz CT molecular complexity index is 451. The van der Waals surface area contributed by atoms with Gasteiger partial charge in [-0.1, -0.05) is 15.9 Å². The predicted octanol–water partition coefficient (Wildman–Crippen LogP) is 1.95. The summed E-state index contributed by atoms with van der Waals surface area (Å²) >= 11 is 3.54. The van der Waals surface area contributed by atoms with Gasteiger partial charge in [0.25, 0.3) is 0 Å². The SMILES string of the molecule is CC1(O)CN(Cc2cc(Br)cc3c2OCC3)C1. The minimum atomic E-state index is -0.504. The normalized spacial score (nSPS) is 21.8. The van der Waals surface area contributed by atoms with Crippen LogP contribution in [0, 0.1) is 0 Å². The van der Waals surface area contributed by atoms with E-state index in [1.807, 2.05) is 6.92 Å². The molecule has 0 radical (unpaired) electrons. The van der Waals surface area contributed by atoms with E-state index in [0.29, 0.717) is 0 Å². The van der Waals surface area contributed by atoms with Crippen LogP contribution in [0.5, 0.6) is 5.75 Å². The van der Waals surface area contributed by atoms with E-state index in [9.17, 15) is 5.11 Å². The highest BCUT2D eigenvalue weighted by Crippen LogP contribution is 2.35. The van der Waals surface area contributed by atoms with Gasteiger partial charge < -0.3 is 9.84 Å². The van der Waals surface area contributed by atoms with Crippen LogP contribution in [0.25, 0.3) is 0 Å². The minimum Gasteiger partial charge on any atom is -0.493 e. The van der Waals surface area contributed by atoms with Crippen LogP contribution in [-0.2, 0) is 13.0 Å². The highest BCUT2D eigenvalue weighted by molar-refractivity contribution is 9.10. The van der Waals surface area contributed by atoms with Crippen LogP contribution in [0.4, 0.5) is 0 Å². The lowest BCUT2D eigenvalue weighted by molar-refractivity contribution is -0.0873. The Morgan fingerprint density at radius 2 is 2.24 bits per heavy atom. The average molecular weight is 298 g/mol. The van der Waals surface area contributed by atoms with Crippen molar-refractivity contribution in [3.8, 4) is 5.75 Å². The lowest BCUT2D eigenvalue weighted by Gasteiger charge is -2.44. The zero-order chi connectivity index (χ0) is 12.0. The van der Waals surface area contributed by atoms with Crippen LogP contribution >= 0.6 is 15.9 Å². The van der Waals surface area contributed by atoms with E-state index in [2.05, 4.69) is 33.0 Å². The smallest absolute Gasteiger partial charge is 0.127 e. The van der Waals surface area contributed by atoms with Crippen LogP contribution in [0.3, 0.4) is 0 Å². The third-order valence-electron chi connectivity index (χ3n) is 3.35. The van der Waals surface area contributed by atoms with E-state index in [1.54, 1.807) is 0 Å². The second-order valence-electron chi connectivity index (χ2n) is 5.29. The van der Waals surface area contributed by atoms with E-state index in [-0.39, 0.29) is 0 Å². The van der Waals surface area contributed by atoms with Gasteiger partial charge in [0.2, 0.25) is 0 Å². The minimum absolute atomic E-state index is 0.504. The van der Waals surface area contributed by atoms with Gasteiger partial charge in [-0.2, -0.15) is 0 Å². The van der Waals surface area contributed by atoms with Crippen molar-refractivity contribution in [1.82, 2.24) is 4.90 Å². The number of halogens is 1. The summed E-state index contributed by atoms with van der Waals surface area (Å²) in [7, 11) is 0. The van der Waals surface area contributed by atoms with Crippen molar-refractivity contribution in [1.29, 1.82) is 0 Å². The van der Waals surface area contributed by atoms with Crippen LogP contribution in [-0.4, -0.2) is 35.3 Å². The molecular weight excluding hydrogens is 282 g/mol. The Labute approximate surface area is 110 Å². The molecule has 17 heavy (non-hydrogen) atoms. The molecule has 1 aromatic rings. The molecular formula is C13H16BrNO2. The second-order valence-corrected chi connectivity index (χ2v) is 6.21. The summed E-state index contributed by atoms with van der Waals surface area (Å²) in [6.07, 6.45) is 0.999. The summed E-state index contributed by atoms with van der Waals surface area (Å²) in [5.74, 6) is 1.06. The van der Waals surface area contributed by atoms with Crippen molar-refractivity contribution >= 4 is 15.9 Å². The highest BCUT2D eigenvalue weighted by atomic mass is 79.9. The summed E-state index contributed by atoms with van der Waals surface area (Å²) in [6.45, 7) is 5.02. The third-order valence-corrected chi connectivity index (χ3v) is 3.81. The van der Waals surface area contributed by atoms with Gasteiger partial charge in [-0.25, -0.2) is 0 Å². The standard InChI is InChI=1S/C13H16BrNO2/c1-13(16)7-15(8-13)6-10-5-11(14)4-9-2-3-17-12(9)10/h4-5,16H,2-3,6-8H2,1H3. The summed E-state index contributed by atoms with van der Waals surface area (Å²) < 4.78 is 6.81. The first kappa shape index (κ1) is 11.5. The molecule has 92 valence electrons. The first-order chi connectivity index (χ1) is 8.03. The van der Waals surface area contributed by atoms with Crippen molar-refractivity contribution in [2.45, 2.75) is 25.5 Å². The van der Waals surface area contributed by atoms with Crippen molar-refractivity contribution in [3.05, 3.63) is 27.7 Å². The number of nitrogens with zero attached hydrogens (tertiary/aromatic N) is 1. The molecule has 1 N–H and O–H groups in total. The van der Waals surface area contributed by atoms with E-state index < -0.39 is 5.60 Å². The van der Waals surface area contributed by atoms with Crippen molar-refractivity contribution in [2.24, 2.45) is 0 Å². The van der Waals surface area contributed by atoms with Crippen LogP contribution < -0.4 is 4.74 Å². The van der Waals surface area contributed by atoms with Crippen molar-refractivity contribution in [2.75, 3.05) is 19.7 Å². The van der Waals surface area contributed by atoms with Gasteiger partial charge in [0, 0.05) is 36.1 Å². The molecule has 0 spiro atoms. The molecule has 1 saturated heterocycles. The van der Waals surface area contributed by atoms with Crippen LogP contribution in [0.1, 0.15) is 18.1 Å². The Kier molecular flexibility index (Phi) is 2.69. The summed E-state index contributed by atoms with van der Waals surface area (Å²) in [5, 5.41) is 9.73. The number of β-amino-alcohol motifs (C(OH)–C–C–N with tert-alkyl or cyclic N) is 1. The van der Waals surface area contributed by atoms with Gasteiger partial charge in [0.05, 0.1) is 12.2 Å². The number of aliphatic hydroxyl groups is 1. The van der Waals surface area contributed by atoms with E-state index in [4.69, 9.17) is 4.74 Å². The fourth-order valence-electron chi connectivity index (χ4n) is 2.73. The topological polar surface area (TPSA) is 32.7 Å². The molecule has 0 saturated carbocycles.